The molecule has 2 heteroatoms. The zero-order chi connectivity index (χ0) is 11.1. The fourth-order valence-corrected chi connectivity index (χ4v) is 1.29. The summed E-state index contributed by atoms with van der Waals surface area (Å²) in [4.78, 5) is 0. The minimum absolute atomic E-state index is 0.149. The zero-order valence-electron chi connectivity index (χ0n) is 9.40. The van der Waals surface area contributed by atoms with E-state index in [1.807, 2.05) is 30.3 Å². The van der Waals surface area contributed by atoms with Gasteiger partial charge in [0.15, 0.2) is 6.29 Å². The van der Waals surface area contributed by atoms with E-state index < -0.39 is 0 Å². The SMILES string of the molecule is C=Cc1ccc(OC(CCC)OC)cc1. The van der Waals surface area contributed by atoms with E-state index in [2.05, 4.69) is 13.5 Å². The van der Waals surface area contributed by atoms with Crippen molar-refractivity contribution in [2.45, 2.75) is 26.1 Å². The molecule has 1 aromatic rings. The molecule has 0 aliphatic carbocycles. The van der Waals surface area contributed by atoms with Crippen LogP contribution in [0.5, 0.6) is 5.75 Å². The number of benzene rings is 1. The molecule has 82 valence electrons. The molecule has 0 saturated carbocycles. The molecular weight excluding hydrogens is 188 g/mol. The quantitative estimate of drug-likeness (QED) is 0.663. The standard InChI is InChI=1S/C13H18O2/c1-4-6-13(14-3)15-12-9-7-11(5-2)8-10-12/h5,7-10,13H,2,4,6H2,1,3H3. The summed E-state index contributed by atoms with van der Waals surface area (Å²) in [5.74, 6) is 0.834. The normalized spacial score (nSPS) is 12.1. The third-order valence-electron chi connectivity index (χ3n) is 2.17. The number of methoxy groups -OCH3 is 1. The Bertz CT molecular complexity index is 290. The van der Waals surface area contributed by atoms with Crippen molar-refractivity contribution in [2.75, 3.05) is 7.11 Å². The zero-order valence-corrected chi connectivity index (χ0v) is 9.40. The molecule has 0 aliphatic rings. The van der Waals surface area contributed by atoms with Crippen molar-refractivity contribution in [3.63, 3.8) is 0 Å². The fourth-order valence-electron chi connectivity index (χ4n) is 1.29. The fraction of sp³-hybridized carbons (Fsp3) is 0.385. The van der Waals surface area contributed by atoms with Gasteiger partial charge in [-0.2, -0.15) is 0 Å². The number of rotatable bonds is 6. The Kier molecular flexibility index (Phi) is 4.91. The van der Waals surface area contributed by atoms with Crippen LogP contribution >= 0.6 is 0 Å². The first-order valence-corrected chi connectivity index (χ1v) is 5.22. The Morgan fingerprint density at radius 3 is 2.47 bits per heavy atom. The van der Waals surface area contributed by atoms with Gasteiger partial charge in [-0.3, -0.25) is 0 Å². The van der Waals surface area contributed by atoms with Crippen LogP contribution in [-0.4, -0.2) is 13.4 Å². The molecule has 0 spiro atoms. The first-order valence-electron chi connectivity index (χ1n) is 5.22. The van der Waals surface area contributed by atoms with Crippen molar-refractivity contribution >= 4 is 6.08 Å². The van der Waals surface area contributed by atoms with Gasteiger partial charge in [-0.05, 0) is 17.7 Å². The van der Waals surface area contributed by atoms with Gasteiger partial charge < -0.3 is 9.47 Å². The number of hydrogen-bond acceptors (Lipinski definition) is 2. The largest absolute Gasteiger partial charge is 0.465 e. The molecule has 1 unspecified atom stereocenters. The van der Waals surface area contributed by atoms with Gasteiger partial charge in [0, 0.05) is 13.5 Å². The van der Waals surface area contributed by atoms with Gasteiger partial charge in [0.05, 0.1) is 0 Å². The van der Waals surface area contributed by atoms with Gasteiger partial charge in [-0.1, -0.05) is 38.1 Å². The molecule has 0 saturated heterocycles. The van der Waals surface area contributed by atoms with Crippen molar-refractivity contribution in [3.8, 4) is 5.75 Å². The van der Waals surface area contributed by atoms with E-state index in [9.17, 15) is 0 Å². The highest BCUT2D eigenvalue weighted by atomic mass is 16.7. The van der Waals surface area contributed by atoms with Gasteiger partial charge in [-0.25, -0.2) is 0 Å². The molecule has 2 nitrogen and oxygen atoms in total. The topological polar surface area (TPSA) is 18.5 Å². The Morgan fingerprint density at radius 2 is 2.00 bits per heavy atom. The Hall–Kier alpha value is -1.28. The third-order valence-corrected chi connectivity index (χ3v) is 2.17. The molecule has 0 heterocycles. The minimum atomic E-state index is -0.149. The van der Waals surface area contributed by atoms with Gasteiger partial charge in [0.25, 0.3) is 0 Å². The Morgan fingerprint density at radius 1 is 1.33 bits per heavy atom. The van der Waals surface area contributed by atoms with E-state index in [4.69, 9.17) is 9.47 Å². The summed E-state index contributed by atoms with van der Waals surface area (Å²) in [5.41, 5.74) is 1.09. The van der Waals surface area contributed by atoms with Crippen molar-refractivity contribution in [3.05, 3.63) is 36.4 Å². The van der Waals surface area contributed by atoms with Gasteiger partial charge in [-0.15, -0.1) is 0 Å². The highest BCUT2D eigenvalue weighted by molar-refractivity contribution is 5.48. The van der Waals surface area contributed by atoms with E-state index in [0.717, 1.165) is 24.2 Å². The maximum absolute atomic E-state index is 5.65. The van der Waals surface area contributed by atoms with E-state index >= 15 is 0 Å². The molecule has 1 rings (SSSR count). The molecule has 0 fully saturated rings. The van der Waals surface area contributed by atoms with Crippen LogP contribution in [0, 0.1) is 0 Å². The minimum Gasteiger partial charge on any atom is -0.465 e. The summed E-state index contributed by atoms with van der Waals surface area (Å²) in [7, 11) is 1.67. The number of hydrogen-bond donors (Lipinski definition) is 0. The maximum Gasteiger partial charge on any atom is 0.199 e. The molecule has 0 bridgehead atoms. The van der Waals surface area contributed by atoms with Crippen LogP contribution in [0.2, 0.25) is 0 Å². The van der Waals surface area contributed by atoms with Crippen LogP contribution in [0.1, 0.15) is 25.3 Å². The first-order chi connectivity index (χ1) is 7.30. The van der Waals surface area contributed by atoms with E-state index in [0.29, 0.717) is 0 Å². The van der Waals surface area contributed by atoms with Crippen LogP contribution < -0.4 is 4.74 Å². The summed E-state index contributed by atoms with van der Waals surface area (Å²) in [6, 6.07) is 7.80. The van der Waals surface area contributed by atoms with Crippen molar-refractivity contribution in [1.82, 2.24) is 0 Å². The van der Waals surface area contributed by atoms with Crippen molar-refractivity contribution in [2.24, 2.45) is 0 Å². The maximum atomic E-state index is 5.65. The molecule has 0 amide bonds. The average molecular weight is 206 g/mol. The summed E-state index contributed by atoms with van der Waals surface area (Å²) < 4.78 is 10.9. The van der Waals surface area contributed by atoms with E-state index in [1.165, 1.54) is 0 Å². The lowest BCUT2D eigenvalue weighted by Gasteiger charge is -2.16. The van der Waals surface area contributed by atoms with E-state index in [1.54, 1.807) is 7.11 Å². The van der Waals surface area contributed by atoms with Crippen molar-refractivity contribution in [1.29, 1.82) is 0 Å². The van der Waals surface area contributed by atoms with Crippen molar-refractivity contribution < 1.29 is 9.47 Å². The molecule has 0 N–H and O–H groups in total. The smallest absolute Gasteiger partial charge is 0.199 e. The summed E-state index contributed by atoms with van der Waals surface area (Å²) in [6.07, 6.45) is 3.61. The van der Waals surface area contributed by atoms with Gasteiger partial charge in [0.2, 0.25) is 0 Å². The van der Waals surface area contributed by atoms with E-state index in [-0.39, 0.29) is 6.29 Å². The molecule has 1 atom stereocenters. The van der Waals surface area contributed by atoms with Crippen LogP contribution in [0.3, 0.4) is 0 Å². The highest BCUT2D eigenvalue weighted by Gasteiger charge is 2.06. The first kappa shape index (κ1) is 11.8. The van der Waals surface area contributed by atoms with Crippen LogP contribution in [0.4, 0.5) is 0 Å². The van der Waals surface area contributed by atoms with Gasteiger partial charge >= 0.3 is 0 Å². The molecule has 1 aromatic carbocycles. The second-order valence-electron chi connectivity index (χ2n) is 3.34. The second kappa shape index (κ2) is 6.25. The lowest BCUT2D eigenvalue weighted by atomic mass is 10.2. The predicted octanol–water partition coefficient (Wildman–Crippen LogP) is 3.48. The summed E-state index contributed by atoms with van der Waals surface area (Å²) >= 11 is 0. The van der Waals surface area contributed by atoms with Crippen LogP contribution in [0.15, 0.2) is 30.8 Å². The summed E-state index contributed by atoms with van der Waals surface area (Å²) in [6.45, 7) is 5.81. The van der Waals surface area contributed by atoms with Crippen LogP contribution in [-0.2, 0) is 4.74 Å². The van der Waals surface area contributed by atoms with Crippen LogP contribution in [0.25, 0.3) is 6.08 Å². The molecule has 0 aromatic heterocycles. The third kappa shape index (κ3) is 3.76. The van der Waals surface area contributed by atoms with Gasteiger partial charge in [0.1, 0.15) is 5.75 Å². The lowest BCUT2D eigenvalue weighted by molar-refractivity contribution is -0.0583. The Labute approximate surface area is 91.5 Å². The highest BCUT2D eigenvalue weighted by Crippen LogP contribution is 2.16. The second-order valence-corrected chi connectivity index (χ2v) is 3.34. The lowest BCUT2D eigenvalue weighted by Crippen LogP contribution is -2.18. The number of ether oxygens (including phenoxy) is 2. The monoisotopic (exact) mass is 206 g/mol. The Balaban J connectivity index is 2.58. The molecular formula is C13H18O2. The summed E-state index contributed by atoms with van der Waals surface area (Å²) in [5, 5.41) is 0. The average Bonchev–Trinajstić information content (AvgIpc) is 2.29. The molecule has 0 aliphatic heterocycles. The predicted molar refractivity (Wildman–Crippen MR) is 62.9 cm³/mol. The molecule has 0 radical (unpaired) electrons. The molecule has 15 heavy (non-hydrogen) atoms.